The van der Waals surface area contributed by atoms with Crippen LogP contribution in [0.5, 0.6) is 0 Å². The maximum absolute atomic E-state index is 6.00. The average molecular weight is 207 g/mol. The summed E-state index contributed by atoms with van der Waals surface area (Å²) in [7, 11) is 0. The van der Waals surface area contributed by atoms with Crippen molar-refractivity contribution >= 4 is 23.5 Å². The minimum Gasteiger partial charge on any atom is -0.369 e. The molecule has 1 aromatic carbocycles. The van der Waals surface area contributed by atoms with Crippen molar-refractivity contribution in [1.29, 1.82) is 0 Å². The number of nitrogens with one attached hydrogen (secondary N) is 1. The minimum atomic E-state index is 0.766. The van der Waals surface area contributed by atoms with Gasteiger partial charge in [0.2, 0.25) is 0 Å². The standard InChI is InChI=1S/C11H11ClN2/c12-10-4-2-1-3-9(10)5-6-11-13-7-8-14-11/h1-6H,7-8H2,(H,13,14)/b6-5+. The zero-order valence-corrected chi connectivity index (χ0v) is 8.46. The molecule has 0 bridgehead atoms. The van der Waals surface area contributed by atoms with Gasteiger partial charge in [-0.1, -0.05) is 29.8 Å². The molecule has 0 saturated heterocycles. The van der Waals surface area contributed by atoms with E-state index < -0.39 is 0 Å². The zero-order valence-electron chi connectivity index (χ0n) is 7.70. The molecule has 0 spiro atoms. The molecule has 1 heterocycles. The molecule has 0 unspecified atom stereocenters. The predicted octanol–water partition coefficient (Wildman–Crippen LogP) is 2.35. The van der Waals surface area contributed by atoms with Gasteiger partial charge in [0.25, 0.3) is 0 Å². The molecule has 1 aromatic rings. The molecule has 0 aliphatic carbocycles. The molecule has 0 aromatic heterocycles. The maximum Gasteiger partial charge on any atom is 0.120 e. The van der Waals surface area contributed by atoms with Crippen molar-refractivity contribution in [3.8, 4) is 0 Å². The van der Waals surface area contributed by atoms with E-state index in [0.717, 1.165) is 29.5 Å². The second-order valence-electron chi connectivity index (χ2n) is 3.05. The maximum atomic E-state index is 6.00. The molecular weight excluding hydrogens is 196 g/mol. The molecule has 0 fully saturated rings. The van der Waals surface area contributed by atoms with Gasteiger partial charge in [0.1, 0.15) is 5.84 Å². The number of rotatable bonds is 2. The van der Waals surface area contributed by atoms with Gasteiger partial charge in [0.15, 0.2) is 0 Å². The first-order valence-corrected chi connectivity index (χ1v) is 4.95. The number of halogens is 1. The lowest BCUT2D eigenvalue weighted by Gasteiger charge is -1.97. The van der Waals surface area contributed by atoms with Crippen LogP contribution < -0.4 is 5.32 Å². The number of hydrogen-bond donors (Lipinski definition) is 1. The van der Waals surface area contributed by atoms with Crippen molar-refractivity contribution in [2.24, 2.45) is 4.99 Å². The van der Waals surface area contributed by atoms with Gasteiger partial charge in [-0.3, -0.25) is 4.99 Å². The van der Waals surface area contributed by atoms with Crippen LogP contribution in [0.15, 0.2) is 35.3 Å². The minimum absolute atomic E-state index is 0.766. The molecular formula is C11H11ClN2. The summed E-state index contributed by atoms with van der Waals surface area (Å²) in [5.74, 6) is 0.935. The smallest absolute Gasteiger partial charge is 0.120 e. The van der Waals surface area contributed by atoms with Crippen molar-refractivity contribution in [3.05, 3.63) is 40.9 Å². The van der Waals surface area contributed by atoms with E-state index in [1.54, 1.807) is 0 Å². The summed E-state index contributed by atoms with van der Waals surface area (Å²) in [6, 6.07) is 7.75. The molecule has 2 rings (SSSR count). The van der Waals surface area contributed by atoms with Gasteiger partial charge < -0.3 is 5.32 Å². The summed E-state index contributed by atoms with van der Waals surface area (Å²) in [6.07, 6.45) is 3.92. The van der Waals surface area contributed by atoms with E-state index in [9.17, 15) is 0 Å². The molecule has 1 aliphatic rings. The van der Waals surface area contributed by atoms with E-state index in [0.29, 0.717) is 0 Å². The fraction of sp³-hybridized carbons (Fsp3) is 0.182. The Bertz CT molecular complexity index is 383. The second kappa shape index (κ2) is 4.29. The van der Waals surface area contributed by atoms with Gasteiger partial charge in [-0.15, -0.1) is 0 Å². The Morgan fingerprint density at radius 1 is 1.29 bits per heavy atom. The average Bonchev–Trinajstić information content (AvgIpc) is 2.69. The first kappa shape index (κ1) is 9.28. The van der Waals surface area contributed by atoms with Gasteiger partial charge >= 0.3 is 0 Å². The van der Waals surface area contributed by atoms with Crippen LogP contribution in [0.3, 0.4) is 0 Å². The SMILES string of the molecule is Clc1ccccc1/C=C/C1=NCCN1. The number of benzene rings is 1. The van der Waals surface area contributed by atoms with Crippen LogP contribution in [0, 0.1) is 0 Å². The highest BCUT2D eigenvalue weighted by molar-refractivity contribution is 6.32. The number of nitrogens with zero attached hydrogens (tertiary/aromatic N) is 1. The summed E-state index contributed by atoms with van der Waals surface area (Å²) in [6.45, 7) is 1.80. The molecule has 14 heavy (non-hydrogen) atoms. The molecule has 0 saturated carbocycles. The third-order valence-corrected chi connectivity index (χ3v) is 2.37. The van der Waals surface area contributed by atoms with Crippen LogP contribution in [-0.2, 0) is 0 Å². The van der Waals surface area contributed by atoms with E-state index in [1.807, 2.05) is 36.4 Å². The Labute approximate surface area is 88.3 Å². The Hall–Kier alpha value is -1.28. The Balaban J connectivity index is 2.13. The van der Waals surface area contributed by atoms with Crippen molar-refractivity contribution in [1.82, 2.24) is 5.32 Å². The Morgan fingerprint density at radius 2 is 2.14 bits per heavy atom. The van der Waals surface area contributed by atoms with Gasteiger partial charge in [-0.25, -0.2) is 0 Å². The lowest BCUT2D eigenvalue weighted by atomic mass is 10.2. The summed E-state index contributed by atoms with van der Waals surface area (Å²) < 4.78 is 0. The van der Waals surface area contributed by atoms with E-state index in [4.69, 9.17) is 11.6 Å². The molecule has 0 atom stereocenters. The largest absolute Gasteiger partial charge is 0.369 e. The first-order valence-electron chi connectivity index (χ1n) is 4.57. The molecule has 0 radical (unpaired) electrons. The van der Waals surface area contributed by atoms with E-state index in [-0.39, 0.29) is 0 Å². The van der Waals surface area contributed by atoms with Crippen LogP contribution in [-0.4, -0.2) is 18.9 Å². The van der Waals surface area contributed by atoms with Crippen LogP contribution in [0.25, 0.3) is 6.08 Å². The fourth-order valence-electron chi connectivity index (χ4n) is 1.31. The second-order valence-corrected chi connectivity index (χ2v) is 3.46. The monoisotopic (exact) mass is 206 g/mol. The lowest BCUT2D eigenvalue weighted by molar-refractivity contribution is 0.961. The number of amidine groups is 1. The van der Waals surface area contributed by atoms with Crippen molar-refractivity contribution in [2.75, 3.05) is 13.1 Å². The predicted molar refractivity (Wildman–Crippen MR) is 60.8 cm³/mol. The van der Waals surface area contributed by atoms with Crippen LogP contribution >= 0.6 is 11.6 Å². The molecule has 1 aliphatic heterocycles. The summed E-state index contributed by atoms with van der Waals surface area (Å²) >= 11 is 6.00. The highest BCUT2D eigenvalue weighted by Crippen LogP contribution is 2.16. The quantitative estimate of drug-likeness (QED) is 0.790. The molecule has 2 nitrogen and oxygen atoms in total. The van der Waals surface area contributed by atoms with Gasteiger partial charge in [-0.05, 0) is 23.8 Å². The van der Waals surface area contributed by atoms with Gasteiger partial charge in [0, 0.05) is 11.6 Å². The van der Waals surface area contributed by atoms with Crippen LogP contribution in [0.2, 0.25) is 5.02 Å². The highest BCUT2D eigenvalue weighted by Gasteiger charge is 2.00. The molecule has 72 valence electrons. The van der Waals surface area contributed by atoms with Gasteiger partial charge in [-0.2, -0.15) is 0 Å². The van der Waals surface area contributed by atoms with Crippen molar-refractivity contribution < 1.29 is 0 Å². The molecule has 0 amide bonds. The Morgan fingerprint density at radius 3 is 2.86 bits per heavy atom. The van der Waals surface area contributed by atoms with Gasteiger partial charge in [0.05, 0.1) is 6.54 Å². The summed E-state index contributed by atoms with van der Waals surface area (Å²) in [5, 5.41) is 3.93. The van der Waals surface area contributed by atoms with E-state index in [2.05, 4.69) is 10.3 Å². The molecule has 3 heteroatoms. The lowest BCUT2D eigenvalue weighted by Crippen LogP contribution is -2.15. The topological polar surface area (TPSA) is 24.4 Å². The third kappa shape index (κ3) is 2.15. The van der Waals surface area contributed by atoms with Crippen molar-refractivity contribution in [3.63, 3.8) is 0 Å². The fourth-order valence-corrected chi connectivity index (χ4v) is 1.51. The van der Waals surface area contributed by atoms with Crippen LogP contribution in [0.4, 0.5) is 0 Å². The normalized spacial score (nSPS) is 15.6. The van der Waals surface area contributed by atoms with E-state index >= 15 is 0 Å². The number of hydrogen-bond acceptors (Lipinski definition) is 2. The molecule has 1 N–H and O–H groups in total. The summed E-state index contributed by atoms with van der Waals surface area (Å²) in [4.78, 5) is 4.26. The van der Waals surface area contributed by atoms with Crippen molar-refractivity contribution in [2.45, 2.75) is 0 Å². The van der Waals surface area contributed by atoms with Crippen LogP contribution in [0.1, 0.15) is 5.56 Å². The summed E-state index contributed by atoms with van der Waals surface area (Å²) in [5.41, 5.74) is 1.02. The highest BCUT2D eigenvalue weighted by atomic mass is 35.5. The Kier molecular flexibility index (Phi) is 2.84. The zero-order chi connectivity index (χ0) is 9.80. The first-order chi connectivity index (χ1) is 6.86. The third-order valence-electron chi connectivity index (χ3n) is 2.03. The number of aliphatic imine (C=N–C) groups is 1. The van der Waals surface area contributed by atoms with E-state index in [1.165, 1.54) is 0 Å².